The van der Waals surface area contributed by atoms with E-state index in [-0.39, 0.29) is 0 Å². The van der Waals surface area contributed by atoms with Gasteiger partial charge in [-0.1, -0.05) is 13.8 Å². The van der Waals surface area contributed by atoms with E-state index in [1.54, 1.807) is 0 Å². The minimum absolute atomic E-state index is 0.368. The fourth-order valence-corrected chi connectivity index (χ4v) is 1.13. The summed E-state index contributed by atoms with van der Waals surface area (Å²) in [5.41, 5.74) is 0.368. The fourth-order valence-electron chi connectivity index (χ4n) is 1.13. The topological polar surface area (TPSA) is 12.0 Å². The summed E-state index contributed by atoms with van der Waals surface area (Å²) in [4.78, 5) is 0. The molecule has 0 aromatic heterocycles. The van der Waals surface area contributed by atoms with Crippen LogP contribution in [-0.4, -0.2) is 6.54 Å². The molecular formula is C11H15F2N. The van der Waals surface area contributed by atoms with E-state index >= 15 is 0 Å². The summed E-state index contributed by atoms with van der Waals surface area (Å²) in [5, 5.41) is 2.93. The van der Waals surface area contributed by atoms with Gasteiger partial charge >= 0.3 is 0 Å². The zero-order valence-electron chi connectivity index (χ0n) is 8.48. The fraction of sp³-hybridized carbons (Fsp3) is 0.455. The zero-order chi connectivity index (χ0) is 10.6. The van der Waals surface area contributed by atoms with E-state index < -0.39 is 11.6 Å². The molecule has 0 saturated carbocycles. The van der Waals surface area contributed by atoms with E-state index in [0.29, 0.717) is 18.2 Å². The quantitative estimate of drug-likeness (QED) is 0.783. The number of nitrogens with one attached hydrogen (secondary N) is 1. The van der Waals surface area contributed by atoms with Crippen molar-refractivity contribution in [2.75, 3.05) is 11.9 Å². The third-order valence-electron chi connectivity index (χ3n) is 1.97. The second-order valence-electron chi connectivity index (χ2n) is 3.73. The highest BCUT2D eigenvalue weighted by Crippen LogP contribution is 2.15. The van der Waals surface area contributed by atoms with Crippen LogP contribution in [0.4, 0.5) is 14.5 Å². The molecule has 1 rings (SSSR count). The maximum Gasteiger partial charge on any atom is 0.149 e. The van der Waals surface area contributed by atoms with Gasteiger partial charge in [-0.3, -0.25) is 0 Å². The van der Waals surface area contributed by atoms with Crippen molar-refractivity contribution in [3.8, 4) is 0 Å². The zero-order valence-corrected chi connectivity index (χ0v) is 8.48. The molecule has 0 amide bonds. The van der Waals surface area contributed by atoms with Crippen LogP contribution >= 0.6 is 0 Å². The molecule has 0 aliphatic rings. The Bertz CT molecular complexity index is 297. The molecule has 14 heavy (non-hydrogen) atoms. The summed E-state index contributed by atoms with van der Waals surface area (Å²) in [5.74, 6) is -0.503. The third kappa shape index (κ3) is 3.32. The van der Waals surface area contributed by atoms with Gasteiger partial charge in [0.1, 0.15) is 11.6 Å². The lowest BCUT2D eigenvalue weighted by molar-refractivity contribution is 0.580. The molecule has 1 aromatic rings. The molecule has 0 aliphatic carbocycles. The molecule has 1 aromatic carbocycles. The van der Waals surface area contributed by atoms with Crippen molar-refractivity contribution >= 4 is 5.69 Å². The highest BCUT2D eigenvalue weighted by molar-refractivity contribution is 5.44. The molecule has 78 valence electrons. The molecule has 0 bridgehead atoms. The summed E-state index contributed by atoms with van der Waals surface area (Å²) in [6, 6.07) is 3.56. The van der Waals surface area contributed by atoms with Gasteiger partial charge in [0.2, 0.25) is 0 Å². The minimum atomic E-state index is -0.545. The Morgan fingerprint density at radius 3 is 2.57 bits per heavy atom. The number of halogens is 2. The Hall–Kier alpha value is -1.12. The van der Waals surface area contributed by atoms with Crippen molar-refractivity contribution in [1.29, 1.82) is 0 Å². The number of benzene rings is 1. The molecule has 0 atom stereocenters. The van der Waals surface area contributed by atoms with Crippen LogP contribution in [0.5, 0.6) is 0 Å². The van der Waals surface area contributed by atoms with Crippen molar-refractivity contribution in [2.45, 2.75) is 20.3 Å². The standard InChI is InChI=1S/C11H15F2N/c1-8(2)5-6-14-11-4-3-9(12)7-10(11)13/h3-4,7-8,14H,5-6H2,1-2H3. The maximum absolute atomic E-state index is 13.1. The smallest absolute Gasteiger partial charge is 0.149 e. The monoisotopic (exact) mass is 199 g/mol. The van der Waals surface area contributed by atoms with Gasteiger partial charge in [0.15, 0.2) is 0 Å². The van der Waals surface area contributed by atoms with Crippen molar-refractivity contribution in [1.82, 2.24) is 0 Å². The lowest BCUT2D eigenvalue weighted by atomic mass is 10.1. The van der Waals surface area contributed by atoms with E-state index in [4.69, 9.17) is 0 Å². The first kappa shape index (κ1) is 11.0. The van der Waals surface area contributed by atoms with Crippen LogP contribution in [0.25, 0.3) is 0 Å². The van der Waals surface area contributed by atoms with E-state index in [2.05, 4.69) is 19.2 Å². The van der Waals surface area contributed by atoms with Gasteiger partial charge in [0.05, 0.1) is 5.69 Å². The molecule has 0 heterocycles. The molecule has 0 aliphatic heterocycles. The number of hydrogen-bond donors (Lipinski definition) is 1. The maximum atomic E-state index is 13.1. The molecule has 0 unspecified atom stereocenters. The van der Waals surface area contributed by atoms with Gasteiger partial charge in [-0.15, -0.1) is 0 Å². The second-order valence-corrected chi connectivity index (χ2v) is 3.73. The van der Waals surface area contributed by atoms with Gasteiger partial charge in [-0.25, -0.2) is 8.78 Å². The number of hydrogen-bond acceptors (Lipinski definition) is 1. The first-order chi connectivity index (χ1) is 6.59. The van der Waals surface area contributed by atoms with Gasteiger partial charge in [-0.2, -0.15) is 0 Å². The Kier molecular flexibility index (Phi) is 3.86. The summed E-state index contributed by atoms with van der Waals surface area (Å²) in [6.45, 7) is 4.91. The van der Waals surface area contributed by atoms with Gasteiger partial charge < -0.3 is 5.32 Å². The number of rotatable bonds is 4. The predicted octanol–water partition coefficient (Wildman–Crippen LogP) is 3.42. The molecule has 1 nitrogen and oxygen atoms in total. The van der Waals surface area contributed by atoms with Crippen LogP contribution in [0, 0.1) is 17.6 Å². The summed E-state index contributed by atoms with van der Waals surface area (Å²) >= 11 is 0. The van der Waals surface area contributed by atoms with Gasteiger partial charge in [0.25, 0.3) is 0 Å². The van der Waals surface area contributed by atoms with Crippen LogP contribution in [0.15, 0.2) is 18.2 Å². The molecule has 1 N–H and O–H groups in total. The van der Waals surface area contributed by atoms with Crippen LogP contribution in [0.3, 0.4) is 0 Å². The van der Waals surface area contributed by atoms with E-state index in [1.165, 1.54) is 12.1 Å². The van der Waals surface area contributed by atoms with E-state index in [0.717, 1.165) is 12.5 Å². The molecule has 0 saturated heterocycles. The Balaban J connectivity index is 2.51. The summed E-state index contributed by atoms with van der Waals surface area (Å²) in [7, 11) is 0. The SMILES string of the molecule is CC(C)CCNc1ccc(F)cc1F. The largest absolute Gasteiger partial charge is 0.383 e. The summed E-state index contributed by atoms with van der Waals surface area (Å²) < 4.78 is 25.6. The third-order valence-corrected chi connectivity index (χ3v) is 1.97. The highest BCUT2D eigenvalue weighted by Gasteiger charge is 2.02. The van der Waals surface area contributed by atoms with Crippen LogP contribution < -0.4 is 5.32 Å². The molecule has 3 heteroatoms. The Morgan fingerprint density at radius 1 is 1.29 bits per heavy atom. The number of anilines is 1. The van der Waals surface area contributed by atoms with Crippen molar-refractivity contribution in [3.05, 3.63) is 29.8 Å². The normalized spacial score (nSPS) is 10.6. The molecule has 0 fully saturated rings. The lowest BCUT2D eigenvalue weighted by Gasteiger charge is -2.08. The van der Waals surface area contributed by atoms with Gasteiger partial charge in [0, 0.05) is 12.6 Å². The van der Waals surface area contributed by atoms with Crippen molar-refractivity contribution < 1.29 is 8.78 Å². The Labute approximate surface area is 83.1 Å². The average molecular weight is 199 g/mol. The van der Waals surface area contributed by atoms with Crippen LogP contribution in [-0.2, 0) is 0 Å². The van der Waals surface area contributed by atoms with E-state index in [9.17, 15) is 8.78 Å². The molecule has 0 radical (unpaired) electrons. The minimum Gasteiger partial charge on any atom is -0.383 e. The van der Waals surface area contributed by atoms with Crippen molar-refractivity contribution in [3.63, 3.8) is 0 Å². The van der Waals surface area contributed by atoms with Gasteiger partial charge in [-0.05, 0) is 24.5 Å². The Morgan fingerprint density at radius 2 is 2.00 bits per heavy atom. The predicted molar refractivity (Wildman–Crippen MR) is 54.3 cm³/mol. The van der Waals surface area contributed by atoms with E-state index in [1.807, 2.05) is 0 Å². The summed E-state index contributed by atoms with van der Waals surface area (Å²) in [6.07, 6.45) is 0.969. The average Bonchev–Trinajstić information content (AvgIpc) is 2.08. The second kappa shape index (κ2) is 4.94. The highest BCUT2D eigenvalue weighted by atomic mass is 19.1. The van der Waals surface area contributed by atoms with Crippen LogP contribution in [0.2, 0.25) is 0 Å². The first-order valence-electron chi connectivity index (χ1n) is 4.78. The van der Waals surface area contributed by atoms with Crippen molar-refractivity contribution in [2.24, 2.45) is 5.92 Å². The molecule has 0 spiro atoms. The first-order valence-corrected chi connectivity index (χ1v) is 4.78. The lowest BCUT2D eigenvalue weighted by Crippen LogP contribution is -2.06. The molecular weight excluding hydrogens is 184 g/mol. The van der Waals surface area contributed by atoms with Crippen LogP contribution in [0.1, 0.15) is 20.3 Å².